The first-order valence-electron chi connectivity index (χ1n) is 9.39. The van der Waals surface area contributed by atoms with E-state index in [1.54, 1.807) is 6.08 Å². The molecule has 0 radical (unpaired) electrons. The first-order valence-corrected chi connectivity index (χ1v) is 9.39. The van der Waals surface area contributed by atoms with Crippen LogP contribution in [0.1, 0.15) is 36.0 Å². The van der Waals surface area contributed by atoms with E-state index in [2.05, 4.69) is 6.58 Å². The van der Waals surface area contributed by atoms with Crippen molar-refractivity contribution in [2.45, 2.75) is 25.7 Å². The van der Waals surface area contributed by atoms with E-state index in [1.165, 1.54) is 0 Å². The van der Waals surface area contributed by atoms with Crippen molar-refractivity contribution in [3.8, 4) is 0 Å². The molecule has 140 valence electrons. The van der Waals surface area contributed by atoms with Crippen LogP contribution in [0.15, 0.2) is 36.9 Å². The zero-order chi connectivity index (χ0) is 18.7. The van der Waals surface area contributed by atoms with E-state index in [-0.39, 0.29) is 17.2 Å². The Labute approximate surface area is 156 Å². The van der Waals surface area contributed by atoms with Gasteiger partial charge in [-0.3, -0.25) is 9.59 Å². The third kappa shape index (κ3) is 3.76. The van der Waals surface area contributed by atoms with Crippen LogP contribution in [0, 0.1) is 5.41 Å². The Morgan fingerprint density at radius 1 is 1.19 bits per heavy atom. The van der Waals surface area contributed by atoms with Crippen LogP contribution in [0.4, 0.5) is 5.69 Å². The number of carbonyl (C=O) groups excluding carboxylic acids is 2. The molecule has 0 bridgehead atoms. The lowest BCUT2D eigenvalue weighted by atomic mass is 9.72. The summed E-state index contributed by atoms with van der Waals surface area (Å²) in [4.78, 5) is 30.8. The summed E-state index contributed by atoms with van der Waals surface area (Å²) >= 11 is 0. The molecule has 1 spiro atoms. The van der Waals surface area contributed by atoms with Gasteiger partial charge in [-0.05, 0) is 48.9 Å². The summed E-state index contributed by atoms with van der Waals surface area (Å²) in [5.41, 5.74) is 2.01. The fourth-order valence-electron chi connectivity index (χ4n) is 4.10. The average molecular weight is 355 g/mol. The second kappa shape index (κ2) is 7.52. The van der Waals surface area contributed by atoms with Gasteiger partial charge in [0.05, 0.1) is 0 Å². The molecule has 1 aromatic rings. The van der Waals surface area contributed by atoms with Crippen LogP contribution in [0.2, 0.25) is 0 Å². The number of nitrogens with zero attached hydrogens (tertiary/aromatic N) is 3. The van der Waals surface area contributed by atoms with E-state index in [1.807, 2.05) is 53.1 Å². The van der Waals surface area contributed by atoms with Gasteiger partial charge in [-0.2, -0.15) is 0 Å². The summed E-state index contributed by atoms with van der Waals surface area (Å²) in [6, 6.07) is 7.79. The first kappa shape index (κ1) is 18.5. The lowest BCUT2D eigenvalue weighted by Crippen LogP contribution is -2.52. The van der Waals surface area contributed by atoms with E-state index in [0.29, 0.717) is 13.0 Å². The Morgan fingerprint density at radius 2 is 1.85 bits per heavy atom. The zero-order valence-corrected chi connectivity index (χ0v) is 15.9. The SMILES string of the molecule is C=CCN1CC2(CCC1=O)CCN(C(=O)c1ccc(N(C)C)cc1)CC2. The summed E-state index contributed by atoms with van der Waals surface area (Å²) in [5, 5.41) is 0. The predicted molar refractivity (Wildman–Crippen MR) is 104 cm³/mol. The molecule has 2 amide bonds. The Hall–Kier alpha value is -2.30. The molecule has 5 heteroatoms. The van der Waals surface area contributed by atoms with Crippen LogP contribution in [0.25, 0.3) is 0 Å². The van der Waals surface area contributed by atoms with Crippen LogP contribution in [0.5, 0.6) is 0 Å². The van der Waals surface area contributed by atoms with E-state index >= 15 is 0 Å². The number of anilines is 1. The van der Waals surface area contributed by atoms with Gasteiger partial charge in [-0.25, -0.2) is 0 Å². The van der Waals surface area contributed by atoms with Crippen molar-refractivity contribution in [1.82, 2.24) is 9.80 Å². The molecule has 0 N–H and O–H groups in total. The number of hydrogen-bond acceptors (Lipinski definition) is 3. The highest BCUT2D eigenvalue weighted by molar-refractivity contribution is 5.94. The van der Waals surface area contributed by atoms with Gasteiger partial charge >= 0.3 is 0 Å². The van der Waals surface area contributed by atoms with Crippen molar-refractivity contribution < 1.29 is 9.59 Å². The summed E-state index contributed by atoms with van der Waals surface area (Å²) in [5.74, 6) is 0.343. The third-order valence-corrected chi connectivity index (χ3v) is 5.84. The molecular formula is C21H29N3O2. The molecule has 2 aliphatic heterocycles. The molecule has 0 atom stereocenters. The number of rotatable bonds is 4. The minimum atomic E-state index is 0.111. The van der Waals surface area contributed by atoms with Crippen molar-refractivity contribution in [2.75, 3.05) is 45.2 Å². The number of benzene rings is 1. The van der Waals surface area contributed by atoms with Crippen LogP contribution in [-0.4, -0.2) is 61.9 Å². The molecule has 26 heavy (non-hydrogen) atoms. The zero-order valence-electron chi connectivity index (χ0n) is 15.9. The Balaban J connectivity index is 1.61. The Morgan fingerprint density at radius 3 is 2.42 bits per heavy atom. The van der Waals surface area contributed by atoms with E-state index in [9.17, 15) is 9.59 Å². The molecule has 2 heterocycles. The van der Waals surface area contributed by atoms with Crippen molar-refractivity contribution >= 4 is 17.5 Å². The maximum Gasteiger partial charge on any atom is 0.253 e. The van der Waals surface area contributed by atoms with Gasteiger partial charge in [-0.1, -0.05) is 6.08 Å². The number of hydrogen-bond donors (Lipinski definition) is 0. The highest BCUT2D eigenvalue weighted by Gasteiger charge is 2.41. The molecule has 2 saturated heterocycles. The molecule has 2 aliphatic rings. The van der Waals surface area contributed by atoms with Crippen LogP contribution in [-0.2, 0) is 4.79 Å². The maximum absolute atomic E-state index is 12.8. The van der Waals surface area contributed by atoms with Crippen LogP contribution >= 0.6 is 0 Å². The molecule has 0 aliphatic carbocycles. The third-order valence-electron chi connectivity index (χ3n) is 5.84. The van der Waals surface area contributed by atoms with Gasteiger partial charge in [0.25, 0.3) is 5.91 Å². The lowest BCUT2D eigenvalue weighted by Gasteiger charge is -2.47. The maximum atomic E-state index is 12.8. The fraction of sp³-hybridized carbons (Fsp3) is 0.524. The van der Waals surface area contributed by atoms with Crippen molar-refractivity contribution in [3.63, 3.8) is 0 Å². The lowest BCUT2D eigenvalue weighted by molar-refractivity contribution is -0.138. The molecule has 5 nitrogen and oxygen atoms in total. The average Bonchev–Trinajstić information content (AvgIpc) is 2.65. The summed E-state index contributed by atoms with van der Waals surface area (Å²) in [7, 11) is 3.98. The summed E-state index contributed by atoms with van der Waals surface area (Å²) in [6.45, 7) is 6.72. The molecule has 2 fully saturated rings. The fourth-order valence-corrected chi connectivity index (χ4v) is 4.10. The number of amides is 2. The standard InChI is InChI=1S/C21H29N3O2/c1-4-13-24-16-21(10-9-19(24)25)11-14-23(15-12-21)20(26)17-5-7-18(8-6-17)22(2)3/h4-8H,1,9-16H2,2-3H3. The molecular weight excluding hydrogens is 326 g/mol. The molecule has 0 saturated carbocycles. The predicted octanol–water partition coefficient (Wildman–Crippen LogP) is 2.78. The monoisotopic (exact) mass is 355 g/mol. The molecule has 0 unspecified atom stereocenters. The van der Waals surface area contributed by atoms with Gasteiger partial charge in [0.2, 0.25) is 5.91 Å². The Kier molecular flexibility index (Phi) is 5.35. The summed E-state index contributed by atoms with van der Waals surface area (Å²) < 4.78 is 0. The van der Waals surface area contributed by atoms with Crippen LogP contribution in [0.3, 0.4) is 0 Å². The number of piperidine rings is 2. The van der Waals surface area contributed by atoms with Gasteiger partial charge in [0.15, 0.2) is 0 Å². The quantitative estimate of drug-likeness (QED) is 0.780. The van der Waals surface area contributed by atoms with Gasteiger partial charge < -0.3 is 14.7 Å². The second-order valence-electron chi connectivity index (χ2n) is 7.80. The van der Waals surface area contributed by atoms with E-state index in [0.717, 1.165) is 50.1 Å². The largest absolute Gasteiger partial charge is 0.378 e. The highest BCUT2D eigenvalue weighted by atomic mass is 16.2. The number of likely N-dealkylation sites (tertiary alicyclic amines) is 2. The minimum Gasteiger partial charge on any atom is -0.378 e. The Bertz CT molecular complexity index is 673. The highest BCUT2D eigenvalue weighted by Crippen LogP contribution is 2.40. The van der Waals surface area contributed by atoms with Crippen LogP contribution < -0.4 is 4.90 Å². The first-order chi connectivity index (χ1) is 12.4. The topological polar surface area (TPSA) is 43.9 Å². The smallest absolute Gasteiger partial charge is 0.253 e. The van der Waals surface area contributed by atoms with Crippen molar-refractivity contribution in [3.05, 3.63) is 42.5 Å². The van der Waals surface area contributed by atoms with Gasteiger partial charge in [-0.15, -0.1) is 6.58 Å². The number of carbonyl (C=O) groups is 2. The van der Waals surface area contributed by atoms with Gasteiger partial charge in [0.1, 0.15) is 0 Å². The molecule has 3 rings (SSSR count). The van der Waals surface area contributed by atoms with Crippen molar-refractivity contribution in [2.24, 2.45) is 5.41 Å². The normalized spacial score (nSPS) is 19.5. The summed E-state index contributed by atoms with van der Waals surface area (Å²) in [6.07, 6.45) is 5.30. The minimum absolute atomic E-state index is 0.111. The second-order valence-corrected chi connectivity index (χ2v) is 7.80. The van der Waals surface area contributed by atoms with E-state index in [4.69, 9.17) is 0 Å². The van der Waals surface area contributed by atoms with Gasteiger partial charge in [0, 0.05) is 57.9 Å². The molecule has 1 aromatic carbocycles. The van der Waals surface area contributed by atoms with E-state index < -0.39 is 0 Å². The van der Waals surface area contributed by atoms with Crippen molar-refractivity contribution in [1.29, 1.82) is 0 Å². The molecule has 0 aromatic heterocycles.